The molecular formula is C12H22N2O3. The quantitative estimate of drug-likeness (QED) is 0.523. The highest BCUT2D eigenvalue weighted by molar-refractivity contribution is 5.85. The minimum atomic E-state index is -0.739. The molecule has 5 nitrogen and oxygen atoms in total. The van der Waals surface area contributed by atoms with Crippen molar-refractivity contribution in [2.45, 2.75) is 44.9 Å². The predicted octanol–water partition coefficient (Wildman–Crippen LogP) is 0.877. The number of amides is 1. The minimum Gasteiger partial charge on any atom is -0.481 e. The lowest BCUT2D eigenvalue weighted by molar-refractivity contribution is -0.137. The number of rotatable bonds is 9. The molecule has 0 aromatic carbocycles. The Kier molecular flexibility index (Phi) is 5.41. The van der Waals surface area contributed by atoms with E-state index in [-0.39, 0.29) is 17.7 Å². The third-order valence-corrected chi connectivity index (χ3v) is 3.33. The van der Waals surface area contributed by atoms with Crippen molar-refractivity contribution in [1.82, 2.24) is 5.32 Å². The summed E-state index contributed by atoms with van der Waals surface area (Å²) < 4.78 is 0. The number of aliphatic carboxylic acids is 1. The summed E-state index contributed by atoms with van der Waals surface area (Å²) >= 11 is 0. The lowest BCUT2D eigenvalue weighted by Gasteiger charge is -2.12. The molecule has 0 saturated heterocycles. The average Bonchev–Trinajstić information content (AvgIpc) is 3.08. The number of carboxylic acid groups (broad SMARTS) is 1. The van der Waals surface area contributed by atoms with Crippen molar-refractivity contribution in [2.24, 2.45) is 11.1 Å². The van der Waals surface area contributed by atoms with Crippen LogP contribution in [-0.2, 0) is 9.59 Å². The molecule has 1 fully saturated rings. The van der Waals surface area contributed by atoms with Crippen molar-refractivity contribution >= 4 is 11.9 Å². The van der Waals surface area contributed by atoms with Gasteiger partial charge in [0.2, 0.25) is 5.91 Å². The maximum atomic E-state index is 11.7. The SMILES string of the molecule is NCC1(C(=O)NCCCCCCC(=O)O)CC1. The molecule has 0 heterocycles. The first-order valence-corrected chi connectivity index (χ1v) is 6.31. The van der Waals surface area contributed by atoms with Crippen LogP contribution in [0.2, 0.25) is 0 Å². The van der Waals surface area contributed by atoms with E-state index in [2.05, 4.69) is 5.32 Å². The Morgan fingerprint density at radius 1 is 1.18 bits per heavy atom. The third-order valence-electron chi connectivity index (χ3n) is 3.33. The molecule has 5 heteroatoms. The van der Waals surface area contributed by atoms with Crippen LogP contribution in [0.15, 0.2) is 0 Å². The molecular weight excluding hydrogens is 220 g/mol. The molecule has 4 N–H and O–H groups in total. The maximum absolute atomic E-state index is 11.7. The molecule has 0 unspecified atom stereocenters. The predicted molar refractivity (Wildman–Crippen MR) is 64.5 cm³/mol. The Balaban J connectivity index is 1.94. The molecule has 17 heavy (non-hydrogen) atoms. The Bertz CT molecular complexity index is 275. The van der Waals surface area contributed by atoms with Gasteiger partial charge in [-0.25, -0.2) is 0 Å². The van der Waals surface area contributed by atoms with E-state index in [0.717, 1.165) is 38.5 Å². The van der Waals surface area contributed by atoms with E-state index in [9.17, 15) is 9.59 Å². The Labute approximate surface area is 102 Å². The van der Waals surface area contributed by atoms with E-state index in [1.54, 1.807) is 0 Å². The van der Waals surface area contributed by atoms with Crippen LogP contribution < -0.4 is 11.1 Å². The summed E-state index contributed by atoms with van der Waals surface area (Å²) in [6.45, 7) is 1.12. The number of nitrogens with one attached hydrogen (secondary N) is 1. The van der Waals surface area contributed by atoms with Crippen LogP contribution in [0.25, 0.3) is 0 Å². The second kappa shape index (κ2) is 6.59. The van der Waals surface area contributed by atoms with Crippen molar-refractivity contribution < 1.29 is 14.7 Å². The highest BCUT2D eigenvalue weighted by Gasteiger charge is 2.48. The Morgan fingerprint density at radius 3 is 2.35 bits per heavy atom. The molecule has 1 aliphatic rings. The summed E-state index contributed by atoms with van der Waals surface area (Å²) in [5.41, 5.74) is 5.29. The fourth-order valence-electron chi connectivity index (χ4n) is 1.82. The van der Waals surface area contributed by atoms with E-state index in [4.69, 9.17) is 10.8 Å². The zero-order valence-electron chi connectivity index (χ0n) is 10.2. The number of unbranched alkanes of at least 4 members (excludes halogenated alkanes) is 3. The first kappa shape index (κ1) is 14.0. The molecule has 0 atom stereocenters. The zero-order valence-corrected chi connectivity index (χ0v) is 10.2. The summed E-state index contributed by atoms with van der Waals surface area (Å²) in [6.07, 6.45) is 5.56. The summed E-state index contributed by atoms with van der Waals surface area (Å²) in [5.74, 6) is -0.651. The standard InChI is InChI=1S/C12H22N2O3/c13-9-12(6-7-12)11(17)14-8-4-2-1-3-5-10(15)16/h1-9,13H2,(H,14,17)(H,15,16). The number of hydrogen-bond acceptors (Lipinski definition) is 3. The topological polar surface area (TPSA) is 92.4 Å². The van der Waals surface area contributed by atoms with Crippen molar-refractivity contribution in [2.75, 3.05) is 13.1 Å². The Hall–Kier alpha value is -1.10. The first-order valence-electron chi connectivity index (χ1n) is 6.31. The lowest BCUT2D eigenvalue weighted by Crippen LogP contribution is -2.37. The maximum Gasteiger partial charge on any atom is 0.303 e. The van der Waals surface area contributed by atoms with E-state index >= 15 is 0 Å². The van der Waals surface area contributed by atoms with Gasteiger partial charge in [-0.15, -0.1) is 0 Å². The molecule has 1 rings (SSSR count). The van der Waals surface area contributed by atoms with E-state index in [0.29, 0.717) is 13.1 Å². The van der Waals surface area contributed by atoms with Gasteiger partial charge < -0.3 is 16.2 Å². The Morgan fingerprint density at radius 2 is 1.82 bits per heavy atom. The highest BCUT2D eigenvalue weighted by atomic mass is 16.4. The summed E-state index contributed by atoms with van der Waals surface area (Å²) in [6, 6.07) is 0. The fraction of sp³-hybridized carbons (Fsp3) is 0.833. The molecule has 1 aliphatic carbocycles. The van der Waals surface area contributed by atoms with Gasteiger partial charge in [-0.05, 0) is 25.7 Å². The van der Waals surface area contributed by atoms with Gasteiger partial charge in [0.05, 0.1) is 5.41 Å². The molecule has 1 saturated carbocycles. The number of nitrogens with two attached hydrogens (primary N) is 1. The first-order chi connectivity index (χ1) is 8.10. The number of carbonyl (C=O) groups excluding carboxylic acids is 1. The van der Waals surface area contributed by atoms with Gasteiger partial charge in [0.25, 0.3) is 0 Å². The molecule has 0 radical (unpaired) electrons. The normalized spacial score (nSPS) is 16.5. The summed E-state index contributed by atoms with van der Waals surface area (Å²) in [7, 11) is 0. The number of carbonyl (C=O) groups is 2. The van der Waals surface area contributed by atoms with Gasteiger partial charge in [-0.1, -0.05) is 12.8 Å². The van der Waals surface area contributed by atoms with Crippen molar-refractivity contribution in [3.63, 3.8) is 0 Å². The average molecular weight is 242 g/mol. The molecule has 0 spiro atoms. The molecule has 0 aromatic heterocycles. The lowest BCUT2D eigenvalue weighted by atomic mass is 10.1. The van der Waals surface area contributed by atoms with Gasteiger partial charge >= 0.3 is 5.97 Å². The van der Waals surface area contributed by atoms with Crippen LogP contribution in [0.4, 0.5) is 0 Å². The second-order valence-corrected chi connectivity index (χ2v) is 4.80. The van der Waals surface area contributed by atoms with Gasteiger partial charge in [0, 0.05) is 19.5 Å². The van der Waals surface area contributed by atoms with Crippen molar-refractivity contribution in [3.05, 3.63) is 0 Å². The monoisotopic (exact) mass is 242 g/mol. The van der Waals surface area contributed by atoms with Crippen molar-refractivity contribution in [1.29, 1.82) is 0 Å². The van der Waals surface area contributed by atoms with Crippen LogP contribution >= 0.6 is 0 Å². The van der Waals surface area contributed by atoms with Crippen LogP contribution in [0.3, 0.4) is 0 Å². The zero-order chi connectivity index (χ0) is 12.7. The van der Waals surface area contributed by atoms with Crippen LogP contribution in [0, 0.1) is 5.41 Å². The van der Waals surface area contributed by atoms with Crippen LogP contribution in [0.5, 0.6) is 0 Å². The van der Waals surface area contributed by atoms with Gasteiger partial charge in [0.1, 0.15) is 0 Å². The fourth-order valence-corrected chi connectivity index (χ4v) is 1.82. The van der Waals surface area contributed by atoms with E-state index in [1.165, 1.54) is 0 Å². The number of carboxylic acids is 1. The van der Waals surface area contributed by atoms with Crippen LogP contribution in [0.1, 0.15) is 44.9 Å². The molecule has 0 bridgehead atoms. The van der Waals surface area contributed by atoms with Gasteiger partial charge in [-0.3, -0.25) is 9.59 Å². The molecule has 98 valence electrons. The summed E-state index contributed by atoms with van der Waals surface area (Å²) in [5, 5.41) is 11.3. The van der Waals surface area contributed by atoms with Crippen molar-refractivity contribution in [3.8, 4) is 0 Å². The molecule has 0 aromatic rings. The van der Waals surface area contributed by atoms with E-state index in [1.807, 2.05) is 0 Å². The third kappa shape index (κ3) is 4.73. The summed E-state index contributed by atoms with van der Waals surface area (Å²) in [4.78, 5) is 21.9. The molecule has 1 amide bonds. The van der Waals surface area contributed by atoms with E-state index < -0.39 is 5.97 Å². The second-order valence-electron chi connectivity index (χ2n) is 4.80. The van der Waals surface area contributed by atoms with Gasteiger partial charge in [0.15, 0.2) is 0 Å². The van der Waals surface area contributed by atoms with Gasteiger partial charge in [-0.2, -0.15) is 0 Å². The molecule has 0 aliphatic heterocycles. The smallest absolute Gasteiger partial charge is 0.303 e. The highest BCUT2D eigenvalue weighted by Crippen LogP contribution is 2.44. The largest absolute Gasteiger partial charge is 0.481 e. The number of hydrogen-bond donors (Lipinski definition) is 3. The minimum absolute atomic E-state index is 0.0885. The van der Waals surface area contributed by atoms with Crippen LogP contribution in [-0.4, -0.2) is 30.1 Å².